The summed E-state index contributed by atoms with van der Waals surface area (Å²) in [5, 5.41) is 29.2. The number of nitro benzene ring substituents is 2. The number of nitrogens with zero attached hydrogens (tertiary/aromatic N) is 2. The number of aryl methyl sites for hydroxylation is 3. The number of nitrogen functional groups attached to an aromatic ring is 2. The quantitative estimate of drug-likeness (QED) is 0.0856. The molecule has 0 aliphatic rings. The van der Waals surface area contributed by atoms with Crippen molar-refractivity contribution >= 4 is 38.7 Å². The molecule has 0 fully saturated rings. The molecular formula is C35H45BrN4O5. The summed E-state index contributed by atoms with van der Waals surface area (Å²) in [6, 6.07) is 27.0. The van der Waals surface area contributed by atoms with Crippen LogP contribution in [0.3, 0.4) is 0 Å². The van der Waals surface area contributed by atoms with Gasteiger partial charge >= 0.3 is 0 Å². The van der Waals surface area contributed by atoms with Crippen molar-refractivity contribution in [2.75, 3.05) is 18.1 Å². The van der Waals surface area contributed by atoms with E-state index in [1.807, 2.05) is 42.5 Å². The predicted octanol–water partition coefficient (Wildman–Crippen LogP) is 8.88. The summed E-state index contributed by atoms with van der Waals surface area (Å²) in [6.07, 6.45) is 6.94. The molecule has 4 aromatic rings. The zero-order valence-corrected chi connectivity index (χ0v) is 27.9. The molecule has 9 nitrogen and oxygen atoms in total. The van der Waals surface area contributed by atoms with Gasteiger partial charge in [0.25, 0.3) is 11.4 Å². The van der Waals surface area contributed by atoms with E-state index >= 15 is 0 Å². The lowest BCUT2D eigenvalue weighted by atomic mass is 10.1. The maximum absolute atomic E-state index is 10.4. The minimum absolute atomic E-state index is 0.0150. The lowest BCUT2D eigenvalue weighted by Gasteiger charge is -2.02. The first-order valence-electron chi connectivity index (χ1n) is 15.0. The smallest absolute Gasteiger partial charge is 0.269 e. The Hall–Kier alpha value is -4.28. The van der Waals surface area contributed by atoms with Crippen LogP contribution < -0.4 is 11.5 Å². The number of nitro groups is 2. The van der Waals surface area contributed by atoms with Crippen LogP contribution in [0.2, 0.25) is 0 Å². The minimum atomic E-state index is -0.444. The van der Waals surface area contributed by atoms with Gasteiger partial charge in [-0.15, -0.1) is 0 Å². The second-order valence-electron chi connectivity index (χ2n) is 10.2. The van der Waals surface area contributed by atoms with Crippen molar-refractivity contribution in [1.29, 1.82) is 0 Å². The van der Waals surface area contributed by atoms with Crippen molar-refractivity contribution in [3.05, 3.63) is 138 Å². The van der Waals surface area contributed by atoms with Crippen LogP contribution in [0.5, 0.6) is 0 Å². The molecule has 242 valence electrons. The molecule has 5 N–H and O–H groups in total. The highest BCUT2D eigenvalue weighted by Gasteiger charge is 2.05. The van der Waals surface area contributed by atoms with Crippen LogP contribution in [0.25, 0.3) is 0 Å². The molecule has 4 aromatic carbocycles. The molecule has 0 radical (unpaired) electrons. The van der Waals surface area contributed by atoms with Crippen molar-refractivity contribution < 1.29 is 15.0 Å². The summed E-state index contributed by atoms with van der Waals surface area (Å²) in [7, 11) is 0. The van der Waals surface area contributed by atoms with E-state index in [2.05, 4.69) is 42.8 Å². The standard InChI is InChI=1S/C9H12BrN.C9H11NO2.C9H13N.C8H9NO3/c1-2-3-7-6-8(11)4-5-9(7)10;1-2-4-8-5-3-6-9(7-8)10(11)12;1-2-4-8-5-3-6-9(10)7-8;10-5-4-7-2-1-3-8(6-7)9(11)12/h4-6H,2-3,11H2,1H3;3,5-7H,2,4H2,1H3;3,5-7H,2,4,10H2,1H3;1-3,6,10H,4-5H2. The van der Waals surface area contributed by atoms with E-state index in [4.69, 9.17) is 16.6 Å². The summed E-state index contributed by atoms with van der Waals surface area (Å²) in [5.41, 5.74) is 17.6. The maximum Gasteiger partial charge on any atom is 0.269 e. The van der Waals surface area contributed by atoms with E-state index in [1.165, 1.54) is 35.7 Å². The normalized spacial score (nSPS) is 9.80. The molecule has 4 rings (SSSR count). The van der Waals surface area contributed by atoms with Gasteiger partial charge < -0.3 is 16.6 Å². The highest BCUT2D eigenvalue weighted by molar-refractivity contribution is 9.10. The second kappa shape index (κ2) is 22.3. The van der Waals surface area contributed by atoms with Gasteiger partial charge in [0.05, 0.1) is 9.85 Å². The topological polar surface area (TPSA) is 159 Å². The molecule has 10 heteroatoms. The lowest BCUT2D eigenvalue weighted by Crippen LogP contribution is -1.93. The van der Waals surface area contributed by atoms with E-state index in [9.17, 15) is 20.2 Å². The molecule has 0 aliphatic heterocycles. The summed E-state index contributed by atoms with van der Waals surface area (Å²) >= 11 is 3.48. The van der Waals surface area contributed by atoms with E-state index < -0.39 is 4.92 Å². The molecule has 0 atom stereocenters. The summed E-state index contributed by atoms with van der Waals surface area (Å²) in [4.78, 5) is 19.9. The molecule has 0 saturated heterocycles. The molecule has 0 aliphatic carbocycles. The van der Waals surface area contributed by atoms with Gasteiger partial charge in [-0.25, -0.2) is 0 Å². The van der Waals surface area contributed by atoms with Gasteiger partial charge in [-0.3, -0.25) is 20.2 Å². The summed E-state index contributed by atoms with van der Waals surface area (Å²) in [5.74, 6) is 0. The average molecular weight is 682 g/mol. The Morgan fingerprint density at radius 3 is 1.51 bits per heavy atom. The highest BCUT2D eigenvalue weighted by atomic mass is 79.9. The number of nitrogens with two attached hydrogens (primary N) is 2. The van der Waals surface area contributed by atoms with Gasteiger partial charge in [-0.05, 0) is 78.3 Å². The lowest BCUT2D eigenvalue weighted by molar-refractivity contribution is -0.385. The van der Waals surface area contributed by atoms with Crippen LogP contribution in [0.4, 0.5) is 22.7 Å². The van der Waals surface area contributed by atoms with Crippen LogP contribution in [-0.4, -0.2) is 21.6 Å². The number of hydrogen-bond donors (Lipinski definition) is 3. The molecule has 45 heavy (non-hydrogen) atoms. The first kappa shape index (κ1) is 38.7. The molecule has 0 saturated carbocycles. The summed E-state index contributed by atoms with van der Waals surface area (Å²) < 4.78 is 1.16. The van der Waals surface area contributed by atoms with Gasteiger partial charge in [-0.2, -0.15) is 0 Å². The number of benzene rings is 4. The van der Waals surface area contributed by atoms with E-state index in [0.717, 1.165) is 59.1 Å². The highest BCUT2D eigenvalue weighted by Crippen LogP contribution is 2.20. The number of hydrogen-bond acceptors (Lipinski definition) is 7. The third-order valence-electron chi connectivity index (χ3n) is 6.26. The maximum atomic E-state index is 10.4. The Morgan fingerprint density at radius 1 is 0.622 bits per heavy atom. The van der Waals surface area contributed by atoms with Crippen LogP contribution in [0.15, 0.2) is 95.5 Å². The first-order chi connectivity index (χ1) is 21.5. The Morgan fingerprint density at radius 2 is 1.07 bits per heavy atom. The van der Waals surface area contributed by atoms with Gasteiger partial charge in [0.1, 0.15) is 0 Å². The predicted molar refractivity (Wildman–Crippen MR) is 188 cm³/mol. The number of non-ortho nitro benzene ring substituents is 2. The average Bonchev–Trinajstić information content (AvgIpc) is 3.01. The molecule has 0 amide bonds. The Labute approximate surface area is 274 Å². The fourth-order valence-electron chi connectivity index (χ4n) is 4.16. The molecule has 0 heterocycles. The number of halogens is 1. The SMILES string of the molecule is CCCc1cc(N)ccc1Br.CCCc1cccc(N)c1.CCCc1cccc([N+](=O)[O-])c1.O=[N+]([O-])c1cccc(CCO)c1. The van der Waals surface area contributed by atoms with Crippen LogP contribution in [-0.2, 0) is 25.7 Å². The number of aliphatic hydroxyl groups excluding tert-OH is 1. The molecular weight excluding hydrogens is 636 g/mol. The van der Waals surface area contributed by atoms with Gasteiger partial charge in [0.15, 0.2) is 0 Å². The van der Waals surface area contributed by atoms with E-state index in [1.54, 1.807) is 24.3 Å². The zero-order valence-electron chi connectivity index (χ0n) is 26.3. The van der Waals surface area contributed by atoms with Crippen LogP contribution in [0, 0.1) is 20.2 Å². The van der Waals surface area contributed by atoms with Crippen molar-refractivity contribution in [2.24, 2.45) is 0 Å². The zero-order chi connectivity index (χ0) is 33.6. The molecule has 0 spiro atoms. The monoisotopic (exact) mass is 680 g/mol. The fraction of sp³-hybridized carbons (Fsp3) is 0.314. The van der Waals surface area contributed by atoms with Crippen LogP contribution >= 0.6 is 15.9 Å². The number of anilines is 2. The molecule has 0 bridgehead atoms. The second-order valence-corrected chi connectivity index (χ2v) is 11.0. The number of rotatable bonds is 10. The Bertz CT molecular complexity index is 1410. The van der Waals surface area contributed by atoms with E-state index in [0.29, 0.717) is 6.42 Å². The molecule has 0 unspecified atom stereocenters. The van der Waals surface area contributed by atoms with Gasteiger partial charge in [-0.1, -0.05) is 92.4 Å². The van der Waals surface area contributed by atoms with Crippen molar-refractivity contribution in [2.45, 2.75) is 65.7 Å². The number of aliphatic hydroxyl groups is 1. The van der Waals surface area contributed by atoms with Crippen molar-refractivity contribution in [1.82, 2.24) is 0 Å². The van der Waals surface area contributed by atoms with Crippen molar-refractivity contribution in [3.63, 3.8) is 0 Å². The Kier molecular flexibility index (Phi) is 19.2. The minimum Gasteiger partial charge on any atom is -0.399 e. The molecule has 0 aromatic heterocycles. The third-order valence-corrected chi connectivity index (χ3v) is 7.03. The van der Waals surface area contributed by atoms with Crippen molar-refractivity contribution in [3.8, 4) is 0 Å². The fourth-order valence-corrected chi connectivity index (χ4v) is 4.61. The van der Waals surface area contributed by atoms with Gasteiger partial charge in [0, 0.05) is 46.7 Å². The largest absolute Gasteiger partial charge is 0.399 e. The van der Waals surface area contributed by atoms with Gasteiger partial charge in [0.2, 0.25) is 0 Å². The van der Waals surface area contributed by atoms with Crippen LogP contribution in [0.1, 0.15) is 62.3 Å². The summed E-state index contributed by atoms with van der Waals surface area (Å²) in [6.45, 7) is 6.40. The first-order valence-corrected chi connectivity index (χ1v) is 15.8. The van der Waals surface area contributed by atoms with E-state index in [-0.39, 0.29) is 22.9 Å². The Balaban J connectivity index is 0.000000301. The third kappa shape index (κ3) is 16.4.